The second-order valence-corrected chi connectivity index (χ2v) is 6.07. The van der Waals surface area contributed by atoms with E-state index in [1.54, 1.807) is 20.8 Å². The number of carboxylic acids is 1. The van der Waals surface area contributed by atoms with E-state index in [2.05, 4.69) is 5.32 Å². The molecule has 0 saturated heterocycles. The maximum atomic E-state index is 13.7. The Hall–Kier alpha value is -2.51. The minimum atomic E-state index is -1.36. The van der Waals surface area contributed by atoms with Crippen LogP contribution in [0, 0.1) is 17.5 Å². The average Bonchev–Trinajstić information content (AvgIpc) is 2.40. The van der Waals surface area contributed by atoms with E-state index in [0.29, 0.717) is 12.1 Å². The first kappa shape index (κ1) is 19.5. The lowest BCUT2D eigenvalue weighted by Gasteiger charge is -2.21. The number of rotatable bonds is 4. The molecule has 1 amide bonds. The number of hydrogen-bond donors (Lipinski definition) is 2. The van der Waals surface area contributed by atoms with Gasteiger partial charge in [0.05, 0.1) is 5.57 Å². The number of carbonyl (C=O) groups is 2. The van der Waals surface area contributed by atoms with Gasteiger partial charge in [0.15, 0.2) is 11.6 Å². The summed E-state index contributed by atoms with van der Waals surface area (Å²) in [5.74, 6) is -5.06. The lowest BCUT2D eigenvalue weighted by molar-refractivity contribution is -0.132. The van der Waals surface area contributed by atoms with Crippen LogP contribution in [0.5, 0.6) is 0 Å². The van der Waals surface area contributed by atoms with Crippen molar-refractivity contribution in [2.45, 2.75) is 39.7 Å². The molecule has 0 saturated carbocycles. The van der Waals surface area contributed by atoms with Crippen LogP contribution in [0.3, 0.4) is 0 Å². The Balaban J connectivity index is 3.14. The smallest absolute Gasteiger partial charge is 0.411 e. The number of carboxylic acid groups (broad SMARTS) is 1. The number of nitrogens with one attached hydrogen (secondary N) is 1. The summed E-state index contributed by atoms with van der Waals surface area (Å²) >= 11 is 0. The first-order valence-corrected chi connectivity index (χ1v) is 6.97. The minimum absolute atomic E-state index is 0.193. The molecule has 1 aromatic rings. The van der Waals surface area contributed by atoms with E-state index in [4.69, 9.17) is 9.84 Å². The molecule has 0 radical (unpaired) electrons. The number of allylic oxidation sites excluding steroid dienone is 1. The van der Waals surface area contributed by atoms with Gasteiger partial charge in [0.2, 0.25) is 0 Å². The third-order valence-electron chi connectivity index (χ3n) is 2.88. The monoisotopic (exact) mass is 345 g/mol. The van der Waals surface area contributed by atoms with Crippen molar-refractivity contribution in [1.82, 2.24) is 5.32 Å². The van der Waals surface area contributed by atoms with E-state index in [1.807, 2.05) is 0 Å². The van der Waals surface area contributed by atoms with Crippen LogP contribution in [0.4, 0.5) is 18.0 Å². The molecule has 5 nitrogen and oxygen atoms in total. The molecule has 0 aromatic heterocycles. The highest BCUT2D eigenvalue weighted by Gasteiger charge is 2.21. The number of amides is 1. The van der Waals surface area contributed by atoms with Crippen LogP contribution in [0.2, 0.25) is 0 Å². The van der Waals surface area contributed by atoms with E-state index in [1.165, 1.54) is 6.92 Å². The first-order valence-electron chi connectivity index (χ1n) is 6.97. The van der Waals surface area contributed by atoms with Crippen LogP contribution in [-0.2, 0) is 16.0 Å². The topological polar surface area (TPSA) is 75.6 Å². The number of halogens is 3. The van der Waals surface area contributed by atoms with Crippen LogP contribution in [0.15, 0.2) is 23.4 Å². The molecule has 8 heteroatoms. The summed E-state index contributed by atoms with van der Waals surface area (Å²) < 4.78 is 45.0. The Kier molecular flexibility index (Phi) is 6.00. The molecule has 0 bridgehead atoms. The largest absolute Gasteiger partial charge is 0.478 e. The highest BCUT2D eigenvalue weighted by Crippen LogP contribution is 2.18. The van der Waals surface area contributed by atoms with Crippen molar-refractivity contribution in [3.63, 3.8) is 0 Å². The Morgan fingerprint density at radius 2 is 1.67 bits per heavy atom. The summed E-state index contributed by atoms with van der Waals surface area (Å²) in [7, 11) is 0. The molecule has 0 spiro atoms. The van der Waals surface area contributed by atoms with Gasteiger partial charge in [-0.3, -0.25) is 5.32 Å². The molecule has 2 N–H and O–H groups in total. The van der Waals surface area contributed by atoms with E-state index >= 15 is 0 Å². The van der Waals surface area contributed by atoms with Crippen LogP contribution in [0.1, 0.15) is 33.3 Å². The number of aliphatic carboxylic acids is 1. The summed E-state index contributed by atoms with van der Waals surface area (Å²) in [5, 5.41) is 11.3. The molecule has 0 aliphatic heterocycles. The van der Waals surface area contributed by atoms with Gasteiger partial charge >= 0.3 is 12.1 Å². The van der Waals surface area contributed by atoms with Crippen molar-refractivity contribution in [2.75, 3.05) is 0 Å². The molecular formula is C16H18F3NO4. The van der Waals surface area contributed by atoms with Gasteiger partial charge < -0.3 is 9.84 Å². The average molecular weight is 345 g/mol. The summed E-state index contributed by atoms with van der Waals surface area (Å²) in [6.07, 6.45) is -1.40. The maximum absolute atomic E-state index is 13.7. The van der Waals surface area contributed by atoms with E-state index in [-0.39, 0.29) is 16.8 Å². The minimum Gasteiger partial charge on any atom is -0.478 e. The highest BCUT2D eigenvalue weighted by atomic mass is 19.2. The van der Waals surface area contributed by atoms with Crippen LogP contribution in [0.25, 0.3) is 0 Å². The molecular weight excluding hydrogens is 327 g/mol. The molecule has 0 aliphatic carbocycles. The molecule has 1 rings (SSSR count). The van der Waals surface area contributed by atoms with Crippen molar-refractivity contribution in [3.8, 4) is 0 Å². The normalized spacial score (nSPS) is 12.5. The molecule has 1 aromatic carbocycles. The van der Waals surface area contributed by atoms with Gasteiger partial charge in [0, 0.05) is 18.2 Å². The number of carbonyl (C=O) groups excluding carboxylic acids is 1. The Morgan fingerprint density at radius 3 is 2.17 bits per heavy atom. The van der Waals surface area contributed by atoms with Crippen LogP contribution < -0.4 is 5.32 Å². The van der Waals surface area contributed by atoms with E-state index < -0.39 is 41.5 Å². The molecule has 0 atom stereocenters. The fourth-order valence-electron chi connectivity index (χ4n) is 1.72. The van der Waals surface area contributed by atoms with Crippen LogP contribution in [-0.4, -0.2) is 22.8 Å². The third-order valence-corrected chi connectivity index (χ3v) is 2.88. The predicted molar refractivity (Wildman–Crippen MR) is 79.7 cm³/mol. The van der Waals surface area contributed by atoms with Gasteiger partial charge in [-0.15, -0.1) is 0 Å². The number of benzene rings is 1. The second-order valence-electron chi connectivity index (χ2n) is 6.07. The number of hydrogen-bond acceptors (Lipinski definition) is 3. The van der Waals surface area contributed by atoms with Crippen molar-refractivity contribution in [3.05, 3.63) is 46.4 Å². The Bertz CT molecular complexity index is 693. The van der Waals surface area contributed by atoms with E-state index in [9.17, 15) is 22.8 Å². The molecule has 132 valence electrons. The summed E-state index contributed by atoms with van der Waals surface area (Å²) in [6, 6.07) is 0.961. The second kappa shape index (κ2) is 7.37. The van der Waals surface area contributed by atoms with Gasteiger partial charge in [-0.2, -0.15) is 0 Å². The zero-order valence-corrected chi connectivity index (χ0v) is 13.7. The third kappa shape index (κ3) is 5.60. The predicted octanol–water partition coefficient (Wildman–Crippen LogP) is 3.53. The van der Waals surface area contributed by atoms with E-state index in [0.717, 1.165) is 0 Å². The summed E-state index contributed by atoms with van der Waals surface area (Å²) in [5.41, 5.74) is -1.62. The number of alkyl carbamates (subject to hydrolysis) is 1. The molecule has 0 heterocycles. The molecule has 0 aliphatic rings. The fourth-order valence-corrected chi connectivity index (χ4v) is 1.72. The van der Waals surface area contributed by atoms with Gasteiger partial charge in [-0.05, 0) is 39.3 Å². The van der Waals surface area contributed by atoms with Crippen LogP contribution >= 0.6 is 0 Å². The lowest BCUT2D eigenvalue weighted by atomic mass is 10.1. The quantitative estimate of drug-likeness (QED) is 0.647. The first-order chi connectivity index (χ1) is 10.9. The summed E-state index contributed by atoms with van der Waals surface area (Å²) in [6.45, 7) is 6.01. The molecule has 0 unspecified atom stereocenters. The fraction of sp³-hybridized carbons (Fsp3) is 0.375. The molecule has 0 fully saturated rings. The number of ether oxygens (including phenoxy) is 1. The maximum Gasteiger partial charge on any atom is 0.411 e. The van der Waals surface area contributed by atoms with Gasteiger partial charge in [0.1, 0.15) is 11.4 Å². The highest BCUT2D eigenvalue weighted by molar-refractivity contribution is 5.88. The van der Waals surface area contributed by atoms with Crippen molar-refractivity contribution < 1.29 is 32.6 Å². The zero-order chi connectivity index (χ0) is 18.7. The van der Waals surface area contributed by atoms with Crippen molar-refractivity contribution in [1.29, 1.82) is 0 Å². The van der Waals surface area contributed by atoms with Gasteiger partial charge in [-0.25, -0.2) is 22.8 Å². The summed E-state index contributed by atoms with van der Waals surface area (Å²) in [4.78, 5) is 22.9. The lowest BCUT2D eigenvalue weighted by Crippen LogP contribution is -2.33. The standard InChI is InChI=1S/C16H18F3NO4/c1-8(14(21)22)13(20-15(23)24-16(2,3)4)6-9-5-11(18)12(19)7-10(9)17/h5,7H,6H2,1-4H3,(H,20,23)(H,21,22). The Morgan fingerprint density at radius 1 is 1.12 bits per heavy atom. The molecule has 24 heavy (non-hydrogen) atoms. The van der Waals surface area contributed by atoms with Crippen molar-refractivity contribution >= 4 is 12.1 Å². The Labute approximate surface area is 137 Å². The van der Waals surface area contributed by atoms with Gasteiger partial charge in [-0.1, -0.05) is 0 Å². The van der Waals surface area contributed by atoms with Gasteiger partial charge in [0.25, 0.3) is 0 Å². The van der Waals surface area contributed by atoms with Crippen molar-refractivity contribution in [2.24, 2.45) is 0 Å². The SMILES string of the molecule is CC(C(=O)O)=C(Cc1cc(F)c(F)cc1F)NC(=O)OC(C)(C)C. The zero-order valence-electron chi connectivity index (χ0n) is 13.7.